The van der Waals surface area contributed by atoms with Crippen LogP contribution in [-0.4, -0.2) is 89.4 Å². The Balaban J connectivity index is 1.31. The fourth-order valence-corrected chi connectivity index (χ4v) is 3.78. The van der Waals surface area contributed by atoms with Crippen LogP contribution < -0.4 is 0 Å². The zero-order chi connectivity index (χ0) is 18.1. The predicted octanol–water partition coefficient (Wildman–Crippen LogP) is -0.387. The van der Waals surface area contributed by atoms with Gasteiger partial charge in [0.1, 0.15) is 0 Å². The number of hydrogen-bond acceptors (Lipinski definition) is 5. The normalized spacial score (nSPS) is 23.9. The molecule has 3 saturated heterocycles. The van der Waals surface area contributed by atoms with Gasteiger partial charge in [0.2, 0.25) is 11.8 Å². The van der Waals surface area contributed by atoms with Gasteiger partial charge in [-0.1, -0.05) is 0 Å². The summed E-state index contributed by atoms with van der Waals surface area (Å²) in [5.74, 6) is -0.285. The molecule has 1 aromatic heterocycles. The number of carbonyl (C=O) groups excluding carboxylic acids is 3. The Morgan fingerprint density at radius 2 is 1.88 bits per heavy atom. The second-order valence-electron chi connectivity index (χ2n) is 6.99. The minimum Gasteiger partial charge on any atom is -0.378 e. The highest BCUT2D eigenvalue weighted by atomic mass is 16.5. The number of carbonyl (C=O) groups is 3. The quantitative estimate of drug-likeness (QED) is 0.735. The van der Waals surface area contributed by atoms with Crippen molar-refractivity contribution in [2.45, 2.75) is 12.5 Å². The molecule has 4 heterocycles. The molecule has 1 unspecified atom stereocenters. The monoisotopic (exact) mass is 358 g/mol. The summed E-state index contributed by atoms with van der Waals surface area (Å²) in [6.45, 7) is 3.79. The maximum absolute atomic E-state index is 12.6. The average molecular weight is 358 g/mol. The van der Waals surface area contributed by atoms with Crippen molar-refractivity contribution in [3.63, 3.8) is 0 Å². The number of aromatic nitrogens is 1. The Morgan fingerprint density at radius 3 is 2.58 bits per heavy atom. The summed E-state index contributed by atoms with van der Waals surface area (Å²) in [5.41, 5.74) is 0.555. The van der Waals surface area contributed by atoms with Gasteiger partial charge in [-0.25, -0.2) is 0 Å². The smallest absolute Gasteiger partial charge is 0.255 e. The van der Waals surface area contributed by atoms with E-state index in [-0.39, 0.29) is 36.1 Å². The number of amides is 3. The molecule has 8 heteroatoms. The van der Waals surface area contributed by atoms with Crippen molar-refractivity contribution in [2.24, 2.45) is 5.92 Å². The van der Waals surface area contributed by atoms with Crippen LogP contribution in [0, 0.1) is 5.92 Å². The SMILES string of the molecule is O=C(c1cccnc1)N1CC(N2CC(C(=O)N3CCOCC3)CC2=O)C1. The maximum atomic E-state index is 12.6. The van der Waals surface area contributed by atoms with Crippen LogP contribution in [0.25, 0.3) is 0 Å². The largest absolute Gasteiger partial charge is 0.378 e. The van der Waals surface area contributed by atoms with Crippen LogP contribution in [0.2, 0.25) is 0 Å². The fraction of sp³-hybridized carbons (Fsp3) is 0.556. The van der Waals surface area contributed by atoms with Gasteiger partial charge in [-0.2, -0.15) is 0 Å². The summed E-state index contributed by atoms with van der Waals surface area (Å²) in [7, 11) is 0. The summed E-state index contributed by atoms with van der Waals surface area (Å²) < 4.78 is 5.28. The Morgan fingerprint density at radius 1 is 1.12 bits per heavy atom. The van der Waals surface area contributed by atoms with Crippen molar-refractivity contribution in [2.75, 3.05) is 45.9 Å². The lowest BCUT2D eigenvalue weighted by Gasteiger charge is -2.44. The van der Waals surface area contributed by atoms with E-state index in [1.807, 2.05) is 0 Å². The molecular formula is C18H22N4O4. The third kappa shape index (κ3) is 3.16. The van der Waals surface area contributed by atoms with Crippen molar-refractivity contribution in [3.8, 4) is 0 Å². The molecule has 0 aliphatic carbocycles. The topological polar surface area (TPSA) is 83.1 Å². The first kappa shape index (κ1) is 17.0. The minimum absolute atomic E-state index is 0.00520. The third-order valence-electron chi connectivity index (χ3n) is 5.33. The first-order chi connectivity index (χ1) is 12.6. The van der Waals surface area contributed by atoms with Gasteiger partial charge in [0.05, 0.1) is 30.7 Å². The Labute approximate surface area is 151 Å². The second-order valence-corrected chi connectivity index (χ2v) is 6.99. The van der Waals surface area contributed by atoms with E-state index < -0.39 is 0 Å². The van der Waals surface area contributed by atoms with Crippen LogP contribution in [0.1, 0.15) is 16.8 Å². The molecule has 26 heavy (non-hydrogen) atoms. The Bertz CT molecular complexity index is 698. The number of hydrogen-bond donors (Lipinski definition) is 0. The first-order valence-electron chi connectivity index (χ1n) is 8.99. The van der Waals surface area contributed by atoms with Crippen LogP contribution in [0.4, 0.5) is 0 Å². The highest BCUT2D eigenvalue weighted by Crippen LogP contribution is 2.27. The predicted molar refractivity (Wildman–Crippen MR) is 91.1 cm³/mol. The molecule has 0 spiro atoms. The number of nitrogens with zero attached hydrogens (tertiary/aromatic N) is 4. The Hall–Kier alpha value is -2.48. The molecule has 3 fully saturated rings. The zero-order valence-corrected chi connectivity index (χ0v) is 14.5. The number of rotatable bonds is 3. The molecule has 0 radical (unpaired) electrons. The van der Waals surface area contributed by atoms with E-state index in [1.165, 1.54) is 0 Å². The number of morpholine rings is 1. The summed E-state index contributed by atoms with van der Waals surface area (Å²) in [6, 6.07) is 3.47. The number of ether oxygens (including phenoxy) is 1. The molecule has 0 saturated carbocycles. The van der Waals surface area contributed by atoms with E-state index in [0.29, 0.717) is 51.5 Å². The fourth-order valence-electron chi connectivity index (χ4n) is 3.78. The molecule has 138 valence electrons. The standard InChI is InChI=1S/C18H22N4O4/c23-16-8-14(18(25)20-4-6-26-7-5-20)10-22(16)15-11-21(12-15)17(24)13-2-1-3-19-9-13/h1-3,9,14-15H,4-8,10-12H2. The van der Waals surface area contributed by atoms with Crippen molar-refractivity contribution < 1.29 is 19.1 Å². The van der Waals surface area contributed by atoms with E-state index in [4.69, 9.17) is 4.74 Å². The molecule has 8 nitrogen and oxygen atoms in total. The van der Waals surface area contributed by atoms with Gasteiger partial charge in [0.25, 0.3) is 5.91 Å². The molecular weight excluding hydrogens is 336 g/mol. The van der Waals surface area contributed by atoms with Crippen molar-refractivity contribution in [1.29, 1.82) is 0 Å². The van der Waals surface area contributed by atoms with Crippen LogP contribution in [-0.2, 0) is 14.3 Å². The molecule has 3 aliphatic rings. The molecule has 3 amide bonds. The van der Waals surface area contributed by atoms with Gasteiger partial charge < -0.3 is 19.4 Å². The molecule has 0 bridgehead atoms. The third-order valence-corrected chi connectivity index (χ3v) is 5.33. The summed E-state index contributed by atoms with van der Waals surface area (Å²) in [6.07, 6.45) is 3.45. The van der Waals surface area contributed by atoms with E-state index in [2.05, 4.69) is 4.98 Å². The van der Waals surface area contributed by atoms with Crippen LogP contribution >= 0.6 is 0 Å². The molecule has 0 N–H and O–H groups in total. The van der Waals surface area contributed by atoms with E-state index in [9.17, 15) is 14.4 Å². The van der Waals surface area contributed by atoms with Gasteiger partial charge >= 0.3 is 0 Å². The van der Waals surface area contributed by atoms with E-state index in [1.54, 1.807) is 39.2 Å². The summed E-state index contributed by atoms with van der Waals surface area (Å²) >= 11 is 0. The van der Waals surface area contributed by atoms with Gasteiger partial charge in [-0.15, -0.1) is 0 Å². The second kappa shape index (κ2) is 7.03. The number of pyridine rings is 1. The molecule has 0 aromatic carbocycles. The van der Waals surface area contributed by atoms with E-state index >= 15 is 0 Å². The van der Waals surface area contributed by atoms with E-state index in [0.717, 1.165) is 0 Å². The summed E-state index contributed by atoms with van der Waals surface area (Å²) in [4.78, 5) is 46.6. The molecule has 3 aliphatic heterocycles. The lowest BCUT2D eigenvalue weighted by atomic mass is 10.1. The van der Waals surface area contributed by atoms with Crippen molar-refractivity contribution in [3.05, 3.63) is 30.1 Å². The highest BCUT2D eigenvalue weighted by Gasteiger charge is 2.44. The lowest BCUT2D eigenvalue weighted by Crippen LogP contribution is -2.61. The maximum Gasteiger partial charge on any atom is 0.255 e. The van der Waals surface area contributed by atoms with Crippen molar-refractivity contribution in [1.82, 2.24) is 19.7 Å². The van der Waals surface area contributed by atoms with Crippen LogP contribution in [0.3, 0.4) is 0 Å². The average Bonchev–Trinajstić information content (AvgIpc) is 3.02. The van der Waals surface area contributed by atoms with Crippen molar-refractivity contribution >= 4 is 17.7 Å². The lowest BCUT2D eigenvalue weighted by molar-refractivity contribution is -0.139. The van der Waals surface area contributed by atoms with Crippen LogP contribution in [0.5, 0.6) is 0 Å². The molecule has 4 rings (SSSR count). The highest BCUT2D eigenvalue weighted by molar-refractivity contribution is 5.95. The number of likely N-dealkylation sites (tertiary alicyclic amines) is 2. The first-order valence-corrected chi connectivity index (χ1v) is 8.99. The summed E-state index contributed by atoms with van der Waals surface area (Å²) in [5, 5.41) is 0. The van der Waals surface area contributed by atoms with Gasteiger partial charge in [-0.05, 0) is 12.1 Å². The Kier molecular flexibility index (Phi) is 4.58. The van der Waals surface area contributed by atoms with Gasteiger partial charge in [0.15, 0.2) is 0 Å². The zero-order valence-electron chi connectivity index (χ0n) is 14.5. The minimum atomic E-state index is -0.274. The van der Waals surface area contributed by atoms with Gasteiger partial charge in [-0.3, -0.25) is 19.4 Å². The molecule has 1 atom stereocenters. The van der Waals surface area contributed by atoms with Crippen LogP contribution in [0.15, 0.2) is 24.5 Å². The van der Waals surface area contributed by atoms with Gasteiger partial charge in [0, 0.05) is 51.5 Å². The molecule has 1 aromatic rings.